The Kier molecular flexibility index (Phi) is 3.64. The van der Waals surface area contributed by atoms with Gasteiger partial charge >= 0.3 is 0 Å². The highest BCUT2D eigenvalue weighted by Crippen LogP contribution is 2.26. The molecular formula is C13H17NO3. The first kappa shape index (κ1) is 11.9. The molecule has 1 heterocycles. The Labute approximate surface area is 101 Å². The highest BCUT2D eigenvalue weighted by atomic mass is 16.5. The zero-order valence-corrected chi connectivity index (χ0v) is 9.98. The Bertz CT molecular complexity index is 417. The first-order chi connectivity index (χ1) is 8.20. The first-order valence-electron chi connectivity index (χ1n) is 5.80. The number of amides is 1. The van der Waals surface area contributed by atoms with Gasteiger partial charge in [0, 0.05) is 26.4 Å². The number of aliphatic hydroxyl groups excluding tert-OH is 1. The molecule has 0 saturated heterocycles. The van der Waals surface area contributed by atoms with Crippen LogP contribution in [0.3, 0.4) is 0 Å². The van der Waals surface area contributed by atoms with E-state index in [0.29, 0.717) is 6.54 Å². The molecule has 0 atom stereocenters. The van der Waals surface area contributed by atoms with Crippen molar-refractivity contribution in [3.05, 3.63) is 29.3 Å². The van der Waals surface area contributed by atoms with Gasteiger partial charge in [-0.25, -0.2) is 0 Å². The van der Waals surface area contributed by atoms with Crippen molar-refractivity contribution in [2.24, 2.45) is 0 Å². The number of fused-ring (bicyclic) bond motifs is 1. The zero-order valence-electron chi connectivity index (χ0n) is 9.98. The second-order valence-electron chi connectivity index (χ2n) is 4.26. The molecule has 1 aromatic rings. The van der Waals surface area contributed by atoms with E-state index >= 15 is 0 Å². The summed E-state index contributed by atoms with van der Waals surface area (Å²) >= 11 is 0. The highest BCUT2D eigenvalue weighted by Gasteiger charge is 2.14. The van der Waals surface area contributed by atoms with Gasteiger partial charge in [0.2, 0.25) is 5.91 Å². The maximum absolute atomic E-state index is 11.5. The van der Waals surface area contributed by atoms with Crippen molar-refractivity contribution in [3.8, 4) is 5.75 Å². The topological polar surface area (TPSA) is 49.8 Å². The second-order valence-corrected chi connectivity index (χ2v) is 4.26. The minimum Gasteiger partial charge on any atom is -0.493 e. The van der Waals surface area contributed by atoms with E-state index in [-0.39, 0.29) is 18.9 Å². The molecule has 0 fully saturated rings. The molecule has 0 aromatic heterocycles. The molecule has 0 bridgehead atoms. The fourth-order valence-electron chi connectivity index (χ4n) is 1.99. The van der Waals surface area contributed by atoms with Crippen LogP contribution in [0.4, 0.5) is 0 Å². The monoisotopic (exact) mass is 235 g/mol. The van der Waals surface area contributed by atoms with E-state index in [1.807, 2.05) is 12.1 Å². The molecule has 0 saturated carbocycles. The Morgan fingerprint density at radius 1 is 1.53 bits per heavy atom. The molecule has 0 radical (unpaired) electrons. The summed E-state index contributed by atoms with van der Waals surface area (Å²) in [6.45, 7) is 1.23. The number of nitrogens with zero attached hydrogens (tertiary/aromatic N) is 1. The Morgan fingerprint density at radius 3 is 3.12 bits per heavy atom. The van der Waals surface area contributed by atoms with Crippen molar-refractivity contribution in [1.29, 1.82) is 0 Å². The van der Waals surface area contributed by atoms with Gasteiger partial charge in [-0.15, -0.1) is 0 Å². The van der Waals surface area contributed by atoms with Crippen LogP contribution in [0, 0.1) is 0 Å². The number of ether oxygens (including phenoxy) is 1. The van der Waals surface area contributed by atoms with Gasteiger partial charge in [0.25, 0.3) is 0 Å². The molecule has 2 rings (SSSR count). The van der Waals surface area contributed by atoms with Crippen molar-refractivity contribution in [1.82, 2.24) is 4.90 Å². The third-order valence-corrected chi connectivity index (χ3v) is 2.93. The molecule has 0 aliphatic carbocycles. The normalized spacial score (nSPS) is 13.1. The molecule has 17 heavy (non-hydrogen) atoms. The van der Waals surface area contributed by atoms with Gasteiger partial charge in [-0.2, -0.15) is 0 Å². The minimum absolute atomic E-state index is 0.0377. The van der Waals surface area contributed by atoms with E-state index in [1.54, 1.807) is 11.9 Å². The first-order valence-corrected chi connectivity index (χ1v) is 5.80. The van der Waals surface area contributed by atoms with Gasteiger partial charge in [-0.05, 0) is 17.2 Å². The highest BCUT2D eigenvalue weighted by molar-refractivity contribution is 5.75. The largest absolute Gasteiger partial charge is 0.493 e. The zero-order chi connectivity index (χ0) is 12.3. The molecule has 1 N–H and O–H groups in total. The lowest BCUT2D eigenvalue weighted by Crippen LogP contribution is -2.26. The average Bonchev–Trinajstić information content (AvgIpc) is 2.76. The number of rotatable bonds is 4. The van der Waals surface area contributed by atoms with E-state index < -0.39 is 0 Å². The second kappa shape index (κ2) is 5.19. The van der Waals surface area contributed by atoms with Crippen LogP contribution in [0.15, 0.2) is 18.2 Å². The Balaban J connectivity index is 2.01. The lowest BCUT2D eigenvalue weighted by molar-refractivity contribution is -0.131. The molecule has 92 valence electrons. The van der Waals surface area contributed by atoms with Crippen molar-refractivity contribution in [3.63, 3.8) is 0 Å². The molecule has 1 aliphatic heterocycles. The number of carbonyl (C=O) groups excluding carboxylic acids is 1. The standard InChI is InChI=1S/C13H17NO3/c1-14(13(16)4-6-15)9-10-2-3-12-11(8-10)5-7-17-12/h2-3,8,15H,4-7,9H2,1H3. The summed E-state index contributed by atoms with van der Waals surface area (Å²) in [6.07, 6.45) is 1.13. The molecule has 1 aliphatic rings. The van der Waals surface area contributed by atoms with Crippen molar-refractivity contribution >= 4 is 5.91 Å². The van der Waals surface area contributed by atoms with Gasteiger partial charge in [0.05, 0.1) is 13.2 Å². The molecule has 0 spiro atoms. The average molecular weight is 235 g/mol. The maximum atomic E-state index is 11.5. The van der Waals surface area contributed by atoms with Gasteiger partial charge in [-0.1, -0.05) is 12.1 Å². The van der Waals surface area contributed by atoms with Crippen LogP contribution in [0.5, 0.6) is 5.75 Å². The Hall–Kier alpha value is -1.55. The summed E-state index contributed by atoms with van der Waals surface area (Å²) in [5, 5.41) is 8.71. The summed E-state index contributed by atoms with van der Waals surface area (Å²) in [5.41, 5.74) is 2.31. The van der Waals surface area contributed by atoms with Gasteiger partial charge in [0.15, 0.2) is 0 Å². The van der Waals surface area contributed by atoms with Gasteiger partial charge < -0.3 is 14.7 Å². The van der Waals surface area contributed by atoms with Crippen LogP contribution in [0.25, 0.3) is 0 Å². The van der Waals surface area contributed by atoms with Gasteiger partial charge in [-0.3, -0.25) is 4.79 Å². The third-order valence-electron chi connectivity index (χ3n) is 2.93. The molecular weight excluding hydrogens is 218 g/mol. The van der Waals surface area contributed by atoms with Crippen LogP contribution in [0.2, 0.25) is 0 Å². The molecule has 1 aromatic carbocycles. The summed E-state index contributed by atoms with van der Waals surface area (Å²) in [5.74, 6) is 0.919. The van der Waals surface area contributed by atoms with Crippen molar-refractivity contribution < 1.29 is 14.6 Å². The fraction of sp³-hybridized carbons (Fsp3) is 0.462. The molecule has 4 nitrogen and oxygen atoms in total. The van der Waals surface area contributed by atoms with E-state index in [0.717, 1.165) is 24.3 Å². The SMILES string of the molecule is CN(Cc1ccc2c(c1)CCO2)C(=O)CCO. The number of aliphatic hydroxyl groups is 1. The summed E-state index contributed by atoms with van der Waals surface area (Å²) in [4.78, 5) is 13.2. The van der Waals surface area contributed by atoms with Crippen LogP contribution in [0.1, 0.15) is 17.5 Å². The van der Waals surface area contributed by atoms with Crippen molar-refractivity contribution in [2.45, 2.75) is 19.4 Å². The summed E-state index contributed by atoms with van der Waals surface area (Å²) in [6, 6.07) is 6.03. The smallest absolute Gasteiger partial charge is 0.224 e. The van der Waals surface area contributed by atoms with E-state index in [9.17, 15) is 4.79 Å². The lowest BCUT2D eigenvalue weighted by Gasteiger charge is -2.17. The fourth-order valence-corrected chi connectivity index (χ4v) is 1.99. The predicted octanol–water partition coefficient (Wildman–Crippen LogP) is 0.962. The van der Waals surface area contributed by atoms with Gasteiger partial charge in [0.1, 0.15) is 5.75 Å². The molecule has 4 heteroatoms. The minimum atomic E-state index is -0.0960. The summed E-state index contributed by atoms with van der Waals surface area (Å²) < 4.78 is 5.43. The van der Waals surface area contributed by atoms with E-state index in [1.165, 1.54) is 5.56 Å². The summed E-state index contributed by atoms with van der Waals surface area (Å²) in [7, 11) is 1.75. The van der Waals surface area contributed by atoms with Crippen LogP contribution in [-0.2, 0) is 17.8 Å². The van der Waals surface area contributed by atoms with Crippen molar-refractivity contribution in [2.75, 3.05) is 20.3 Å². The lowest BCUT2D eigenvalue weighted by atomic mass is 10.1. The van der Waals surface area contributed by atoms with Crippen LogP contribution >= 0.6 is 0 Å². The van der Waals surface area contributed by atoms with E-state index in [2.05, 4.69) is 6.07 Å². The van der Waals surface area contributed by atoms with Crippen LogP contribution < -0.4 is 4.74 Å². The quantitative estimate of drug-likeness (QED) is 0.845. The number of benzene rings is 1. The van der Waals surface area contributed by atoms with Crippen LogP contribution in [-0.4, -0.2) is 36.2 Å². The molecule has 0 unspecified atom stereocenters. The Morgan fingerprint density at radius 2 is 2.35 bits per heavy atom. The predicted molar refractivity (Wildman–Crippen MR) is 63.8 cm³/mol. The number of hydrogen-bond acceptors (Lipinski definition) is 3. The third kappa shape index (κ3) is 2.77. The number of hydrogen-bond donors (Lipinski definition) is 1. The number of carbonyl (C=O) groups is 1. The maximum Gasteiger partial charge on any atom is 0.224 e. The van der Waals surface area contributed by atoms with E-state index in [4.69, 9.17) is 9.84 Å². The molecule has 1 amide bonds.